The van der Waals surface area contributed by atoms with E-state index in [2.05, 4.69) is 4.72 Å². The zero-order valence-electron chi connectivity index (χ0n) is 14.5. The Balaban J connectivity index is 1.78. The highest BCUT2D eigenvalue weighted by atomic mass is 32.2. The molecule has 1 fully saturated rings. The summed E-state index contributed by atoms with van der Waals surface area (Å²) in [5.41, 5.74) is 0. The van der Waals surface area contributed by atoms with Gasteiger partial charge in [-0.15, -0.1) is 0 Å². The lowest BCUT2D eigenvalue weighted by Crippen LogP contribution is -3.14. The van der Waals surface area contributed by atoms with E-state index < -0.39 is 10.0 Å². The van der Waals surface area contributed by atoms with Crippen LogP contribution < -0.4 is 14.4 Å². The molecule has 1 aliphatic heterocycles. The maximum atomic E-state index is 12.8. The normalized spacial score (nSPS) is 16.2. The number of sulfonamides is 1. The molecule has 0 radical (unpaired) electrons. The van der Waals surface area contributed by atoms with Crippen molar-refractivity contribution >= 4 is 20.8 Å². The standard InChI is InChI=1S/C18H24N2O4S/c1-2-24-17-7-8-18(16-6-4-3-5-15(16)17)25(21,22)19-9-10-20-11-13-23-14-12-20/h3-8,19H,2,9-14H2,1H3/p+1. The van der Waals surface area contributed by atoms with Gasteiger partial charge in [0, 0.05) is 10.8 Å². The first kappa shape index (κ1) is 18.1. The van der Waals surface area contributed by atoms with E-state index in [-0.39, 0.29) is 0 Å². The molecule has 6 nitrogen and oxygen atoms in total. The van der Waals surface area contributed by atoms with Gasteiger partial charge < -0.3 is 14.4 Å². The average molecular weight is 365 g/mol. The van der Waals surface area contributed by atoms with Crippen LogP contribution in [0.15, 0.2) is 41.3 Å². The van der Waals surface area contributed by atoms with Crippen molar-refractivity contribution in [3.05, 3.63) is 36.4 Å². The second-order valence-electron chi connectivity index (χ2n) is 6.05. The van der Waals surface area contributed by atoms with Crippen molar-refractivity contribution in [2.75, 3.05) is 46.0 Å². The van der Waals surface area contributed by atoms with Crippen LogP contribution in [0, 0.1) is 0 Å². The van der Waals surface area contributed by atoms with E-state index in [0.717, 1.165) is 38.2 Å². The van der Waals surface area contributed by atoms with Gasteiger partial charge in [0.25, 0.3) is 0 Å². The van der Waals surface area contributed by atoms with Gasteiger partial charge in [0.1, 0.15) is 18.8 Å². The van der Waals surface area contributed by atoms with E-state index >= 15 is 0 Å². The van der Waals surface area contributed by atoms with Crippen molar-refractivity contribution in [3.8, 4) is 5.75 Å². The van der Waals surface area contributed by atoms with E-state index in [1.165, 1.54) is 4.90 Å². The molecule has 3 rings (SSSR count). The Labute approximate surface area is 148 Å². The van der Waals surface area contributed by atoms with E-state index in [9.17, 15) is 8.42 Å². The first-order chi connectivity index (χ1) is 12.1. The van der Waals surface area contributed by atoms with Crippen molar-refractivity contribution in [3.63, 3.8) is 0 Å². The Morgan fingerprint density at radius 1 is 1.12 bits per heavy atom. The van der Waals surface area contributed by atoms with E-state index in [1.54, 1.807) is 12.1 Å². The molecule has 1 aliphatic rings. The molecular weight excluding hydrogens is 340 g/mol. The molecule has 1 saturated heterocycles. The summed E-state index contributed by atoms with van der Waals surface area (Å²) in [6, 6.07) is 10.8. The number of ether oxygens (including phenoxy) is 2. The highest BCUT2D eigenvalue weighted by Crippen LogP contribution is 2.30. The van der Waals surface area contributed by atoms with Crippen LogP contribution in [-0.4, -0.2) is 54.4 Å². The van der Waals surface area contributed by atoms with Crippen molar-refractivity contribution in [2.24, 2.45) is 0 Å². The van der Waals surface area contributed by atoms with E-state index in [0.29, 0.717) is 29.2 Å². The van der Waals surface area contributed by atoms with Crippen molar-refractivity contribution in [1.82, 2.24) is 4.72 Å². The Morgan fingerprint density at radius 2 is 1.84 bits per heavy atom. The van der Waals surface area contributed by atoms with Crippen molar-refractivity contribution in [2.45, 2.75) is 11.8 Å². The number of quaternary nitrogens is 1. The summed E-state index contributed by atoms with van der Waals surface area (Å²) in [7, 11) is -3.57. The Bertz CT molecular complexity index is 817. The largest absolute Gasteiger partial charge is 0.493 e. The molecule has 1 heterocycles. The fraction of sp³-hybridized carbons (Fsp3) is 0.444. The maximum Gasteiger partial charge on any atom is 0.241 e. The van der Waals surface area contributed by atoms with Crippen LogP contribution in [0.3, 0.4) is 0 Å². The predicted molar refractivity (Wildman–Crippen MR) is 96.7 cm³/mol. The summed E-state index contributed by atoms with van der Waals surface area (Å²) in [6.45, 7) is 6.96. The maximum absolute atomic E-state index is 12.8. The van der Waals surface area contributed by atoms with Crippen LogP contribution in [0.5, 0.6) is 5.75 Å². The minimum atomic E-state index is -3.57. The van der Waals surface area contributed by atoms with Gasteiger partial charge >= 0.3 is 0 Å². The Kier molecular flexibility index (Phi) is 5.90. The molecule has 0 amide bonds. The summed E-state index contributed by atoms with van der Waals surface area (Å²) in [5.74, 6) is 0.704. The summed E-state index contributed by atoms with van der Waals surface area (Å²) in [6.07, 6.45) is 0. The predicted octanol–water partition coefficient (Wildman–Crippen LogP) is 0.432. The third-order valence-electron chi connectivity index (χ3n) is 4.40. The lowest BCUT2D eigenvalue weighted by Gasteiger charge is -2.23. The summed E-state index contributed by atoms with van der Waals surface area (Å²) < 4.78 is 39.2. The quantitative estimate of drug-likeness (QED) is 0.747. The van der Waals surface area contributed by atoms with Gasteiger partial charge in [0.05, 0.1) is 37.8 Å². The van der Waals surface area contributed by atoms with Gasteiger partial charge in [-0.3, -0.25) is 0 Å². The Morgan fingerprint density at radius 3 is 2.56 bits per heavy atom. The molecule has 136 valence electrons. The van der Waals surface area contributed by atoms with Crippen LogP contribution >= 0.6 is 0 Å². The number of hydrogen-bond donors (Lipinski definition) is 2. The third kappa shape index (κ3) is 4.30. The molecule has 0 spiro atoms. The summed E-state index contributed by atoms with van der Waals surface area (Å²) in [4.78, 5) is 1.66. The van der Waals surface area contributed by atoms with Crippen LogP contribution in [0.4, 0.5) is 0 Å². The molecular formula is C18H25N2O4S+. The second-order valence-corrected chi connectivity index (χ2v) is 7.79. The lowest BCUT2D eigenvalue weighted by molar-refractivity contribution is -0.906. The molecule has 2 aromatic rings. The zero-order chi connectivity index (χ0) is 17.7. The molecule has 7 heteroatoms. The number of rotatable bonds is 7. The average Bonchev–Trinajstić information content (AvgIpc) is 2.63. The van der Waals surface area contributed by atoms with Gasteiger partial charge in [-0.05, 0) is 19.1 Å². The molecule has 0 saturated carbocycles. The minimum absolute atomic E-state index is 0.295. The first-order valence-electron chi connectivity index (χ1n) is 8.67. The molecule has 2 aromatic carbocycles. The fourth-order valence-electron chi connectivity index (χ4n) is 3.11. The second kappa shape index (κ2) is 8.14. The molecule has 0 atom stereocenters. The van der Waals surface area contributed by atoms with E-state index in [1.807, 2.05) is 31.2 Å². The van der Waals surface area contributed by atoms with Crippen molar-refractivity contribution in [1.29, 1.82) is 0 Å². The van der Waals surface area contributed by atoms with Gasteiger partial charge in [-0.2, -0.15) is 0 Å². The summed E-state index contributed by atoms with van der Waals surface area (Å²) >= 11 is 0. The van der Waals surface area contributed by atoms with Gasteiger partial charge in [-0.25, -0.2) is 13.1 Å². The molecule has 25 heavy (non-hydrogen) atoms. The lowest BCUT2D eigenvalue weighted by atomic mass is 10.1. The van der Waals surface area contributed by atoms with Crippen LogP contribution in [0.2, 0.25) is 0 Å². The Hall–Kier alpha value is -1.67. The monoisotopic (exact) mass is 365 g/mol. The van der Waals surface area contributed by atoms with Gasteiger partial charge in [0.15, 0.2) is 0 Å². The van der Waals surface area contributed by atoms with Crippen LogP contribution in [0.25, 0.3) is 10.8 Å². The number of hydrogen-bond acceptors (Lipinski definition) is 4. The van der Waals surface area contributed by atoms with Gasteiger partial charge in [-0.1, -0.05) is 24.3 Å². The first-order valence-corrected chi connectivity index (χ1v) is 10.2. The number of nitrogens with one attached hydrogen (secondary N) is 2. The smallest absolute Gasteiger partial charge is 0.241 e. The van der Waals surface area contributed by atoms with Crippen LogP contribution in [0.1, 0.15) is 6.92 Å². The van der Waals surface area contributed by atoms with Crippen LogP contribution in [-0.2, 0) is 14.8 Å². The number of fused-ring (bicyclic) bond motifs is 1. The number of benzene rings is 2. The zero-order valence-corrected chi connectivity index (χ0v) is 15.3. The molecule has 0 bridgehead atoms. The minimum Gasteiger partial charge on any atom is -0.493 e. The highest BCUT2D eigenvalue weighted by molar-refractivity contribution is 7.89. The number of morpholine rings is 1. The van der Waals surface area contributed by atoms with Gasteiger partial charge in [0.2, 0.25) is 10.0 Å². The SMILES string of the molecule is CCOc1ccc(S(=O)(=O)NCC[NH+]2CCOCC2)c2ccccc12. The third-order valence-corrected chi connectivity index (χ3v) is 5.92. The van der Waals surface area contributed by atoms with Crippen molar-refractivity contribution < 1.29 is 22.8 Å². The molecule has 0 unspecified atom stereocenters. The highest BCUT2D eigenvalue weighted by Gasteiger charge is 2.20. The topological polar surface area (TPSA) is 69.1 Å². The van der Waals surface area contributed by atoms with E-state index in [4.69, 9.17) is 9.47 Å². The fourth-order valence-corrected chi connectivity index (χ4v) is 4.35. The molecule has 2 N–H and O–H groups in total. The molecule has 0 aliphatic carbocycles. The summed E-state index contributed by atoms with van der Waals surface area (Å²) in [5, 5.41) is 1.49. The molecule has 0 aromatic heterocycles.